The molecule has 5 heteroatoms. The maximum Gasteiger partial charge on any atom is 0.258 e. The second kappa shape index (κ2) is 5.38. The summed E-state index contributed by atoms with van der Waals surface area (Å²) in [5, 5.41) is 4.14. The summed E-state index contributed by atoms with van der Waals surface area (Å²) in [5.41, 5.74) is 6.50. The van der Waals surface area contributed by atoms with Gasteiger partial charge in [-0.25, -0.2) is 4.98 Å². The highest BCUT2D eigenvalue weighted by Gasteiger charge is 2.20. The van der Waals surface area contributed by atoms with Gasteiger partial charge in [-0.3, -0.25) is 0 Å². The molecule has 0 atom stereocenters. The number of nitrogens with two attached hydrogens (primary N) is 1. The van der Waals surface area contributed by atoms with Crippen LogP contribution in [0.25, 0.3) is 11.5 Å². The van der Waals surface area contributed by atoms with Gasteiger partial charge in [-0.15, -0.1) is 0 Å². The summed E-state index contributed by atoms with van der Waals surface area (Å²) < 4.78 is 5.36. The third-order valence-electron chi connectivity index (χ3n) is 3.69. The Hall–Kier alpha value is -1.91. The normalized spacial score (nSPS) is 17.3. The lowest BCUT2D eigenvalue weighted by molar-refractivity contribution is 0.410. The van der Waals surface area contributed by atoms with E-state index in [-0.39, 0.29) is 0 Å². The standard InChI is InChI=1S/C14H18N4O/c15-12-9-11(7-8-16-12)14-17-13(18-19-14)10-5-3-1-2-4-6-10/h7-10H,1-6H2,(H2,15,16). The topological polar surface area (TPSA) is 77.8 Å². The first-order valence-corrected chi connectivity index (χ1v) is 6.88. The van der Waals surface area contributed by atoms with Crippen LogP contribution in [-0.2, 0) is 0 Å². The summed E-state index contributed by atoms with van der Waals surface area (Å²) in [4.78, 5) is 8.49. The molecule has 0 aliphatic heterocycles. The molecule has 0 radical (unpaired) electrons. The minimum absolute atomic E-state index is 0.444. The molecule has 19 heavy (non-hydrogen) atoms. The van der Waals surface area contributed by atoms with Crippen molar-refractivity contribution >= 4 is 5.82 Å². The predicted molar refractivity (Wildman–Crippen MR) is 72.4 cm³/mol. The molecule has 1 fully saturated rings. The molecule has 2 aromatic rings. The van der Waals surface area contributed by atoms with Gasteiger partial charge >= 0.3 is 0 Å². The van der Waals surface area contributed by atoms with Gasteiger partial charge in [-0.05, 0) is 25.0 Å². The van der Waals surface area contributed by atoms with E-state index < -0.39 is 0 Å². The SMILES string of the molecule is Nc1cc(-c2nc(C3CCCCCC3)no2)ccn1. The lowest BCUT2D eigenvalue weighted by atomic mass is 10.00. The highest BCUT2D eigenvalue weighted by Crippen LogP contribution is 2.31. The van der Waals surface area contributed by atoms with Crippen LogP contribution in [0.3, 0.4) is 0 Å². The van der Waals surface area contributed by atoms with E-state index in [4.69, 9.17) is 10.3 Å². The molecule has 0 amide bonds. The van der Waals surface area contributed by atoms with Gasteiger partial charge in [0.25, 0.3) is 5.89 Å². The van der Waals surface area contributed by atoms with Crippen LogP contribution in [0.4, 0.5) is 5.82 Å². The van der Waals surface area contributed by atoms with Gasteiger partial charge in [-0.1, -0.05) is 30.8 Å². The number of hydrogen-bond acceptors (Lipinski definition) is 5. The zero-order valence-electron chi connectivity index (χ0n) is 10.9. The van der Waals surface area contributed by atoms with Crippen molar-refractivity contribution in [3.63, 3.8) is 0 Å². The molecule has 2 heterocycles. The van der Waals surface area contributed by atoms with Crippen molar-refractivity contribution in [3.8, 4) is 11.5 Å². The molecule has 3 rings (SSSR count). The summed E-state index contributed by atoms with van der Waals surface area (Å²) in [6.45, 7) is 0. The maximum absolute atomic E-state index is 5.67. The fraction of sp³-hybridized carbons (Fsp3) is 0.500. The third-order valence-corrected chi connectivity index (χ3v) is 3.69. The fourth-order valence-corrected chi connectivity index (χ4v) is 2.64. The van der Waals surface area contributed by atoms with Gasteiger partial charge in [0.2, 0.25) is 0 Å². The number of pyridine rings is 1. The zero-order chi connectivity index (χ0) is 13.1. The fourth-order valence-electron chi connectivity index (χ4n) is 2.64. The smallest absolute Gasteiger partial charge is 0.258 e. The molecule has 1 aliphatic carbocycles. The van der Waals surface area contributed by atoms with Gasteiger partial charge < -0.3 is 10.3 Å². The van der Waals surface area contributed by atoms with Gasteiger partial charge in [0, 0.05) is 17.7 Å². The summed E-state index contributed by atoms with van der Waals surface area (Å²) in [6, 6.07) is 3.59. The summed E-state index contributed by atoms with van der Waals surface area (Å²) in [5.74, 6) is 2.28. The number of nitrogen functional groups attached to an aromatic ring is 1. The molecule has 0 aromatic carbocycles. The molecule has 1 saturated carbocycles. The Balaban J connectivity index is 1.82. The second-order valence-electron chi connectivity index (χ2n) is 5.12. The molecule has 2 aromatic heterocycles. The van der Waals surface area contributed by atoms with Crippen LogP contribution in [0.1, 0.15) is 50.3 Å². The number of nitrogens with zero attached hydrogens (tertiary/aromatic N) is 3. The highest BCUT2D eigenvalue weighted by molar-refractivity contribution is 5.56. The molecule has 0 unspecified atom stereocenters. The van der Waals surface area contributed by atoms with Gasteiger partial charge in [-0.2, -0.15) is 4.98 Å². The predicted octanol–water partition coefficient (Wildman–Crippen LogP) is 3.15. The monoisotopic (exact) mass is 258 g/mol. The van der Waals surface area contributed by atoms with Crippen LogP contribution in [0, 0.1) is 0 Å². The Morgan fingerprint density at radius 1 is 1.16 bits per heavy atom. The zero-order valence-corrected chi connectivity index (χ0v) is 10.9. The van der Waals surface area contributed by atoms with Crippen LogP contribution >= 0.6 is 0 Å². The number of anilines is 1. The molecule has 100 valence electrons. The third kappa shape index (κ3) is 2.75. The first kappa shape index (κ1) is 12.1. The highest BCUT2D eigenvalue weighted by atomic mass is 16.5. The first-order chi connectivity index (χ1) is 9.33. The first-order valence-electron chi connectivity index (χ1n) is 6.88. The van der Waals surface area contributed by atoms with E-state index in [2.05, 4.69) is 15.1 Å². The van der Waals surface area contributed by atoms with Crippen molar-refractivity contribution < 1.29 is 4.52 Å². The molecule has 0 saturated heterocycles. The molecular weight excluding hydrogens is 240 g/mol. The average Bonchev–Trinajstić information content (AvgIpc) is 2.75. The van der Waals surface area contributed by atoms with Crippen LogP contribution in [-0.4, -0.2) is 15.1 Å². The summed E-state index contributed by atoms with van der Waals surface area (Å²) in [6.07, 6.45) is 9.15. The van der Waals surface area contributed by atoms with Crippen LogP contribution < -0.4 is 5.73 Å². The Kier molecular flexibility index (Phi) is 3.44. The van der Waals surface area contributed by atoms with Crippen molar-refractivity contribution in [3.05, 3.63) is 24.2 Å². The van der Waals surface area contributed by atoms with Crippen molar-refractivity contribution in [2.45, 2.75) is 44.4 Å². The molecule has 1 aliphatic rings. The molecule has 2 N–H and O–H groups in total. The number of rotatable bonds is 2. The Morgan fingerprint density at radius 3 is 2.68 bits per heavy atom. The van der Waals surface area contributed by atoms with Crippen molar-refractivity contribution in [2.24, 2.45) is 0 Å². The van der Waals surface area contributed by atoms with E-state index in [1.165, 1.54) is 25.7 Å². The van der Waals surface area contributed by atoms with E-state index in [1.54, 1.807) is 12.3 Å². The van der Waals surface area contributed by atoms with E-state index in [0.29, 0.717) is 17.6 Å². The Labute approximate surface area is 112 Å². The van der Waals surface area contributed by atoms with Crippen LogP contribution in [0.15, 0.2) is 22.9 Å². The van der Waals surface area contributed by atoms with E-state index in [9.17, 15) is 0 Å². The molecule has 0 spiro atoms. The lowest BCUT2D eigenvalue weighted by Gasteiger charge is -2.07. The van der Waals surface area contributed by atoms with Gasteiger partial charge in [0.1, 0.15) is 5.82 Å². The molecule has 0 bridgehead atoms. The van der Waals surface area contributed by atoms with E-state index in [1.807, 2.05) is 6.07 Å². The van der Waals surface area contributed by atoms with Crippen molar-refractivity contribution in [1.29, 1.82) is 0 Å². The van der Waals surface area contributed by atoms with E-state index >= 15 is 0 Å². The quantitative estimate of drug-likeness (QED) is 0.837. The average molecular weight is 258 g/mol. The van der Waals surface area contributed by atoms with Gasteiger partial charge in [0.15, 0.2) is 5.82 Å². The van der Waals surface area contributed by atoms with Crippen LogP contribution in [0.5, 0.6) is 0 Å². The summed E-state index contributed by atoms with van der Waals surface area (Å²) in [7, 11) is 0. The van der Waals surface area contributed by atoms with Crippen molar-refractivity contribution in [2.75, 3.05) is 5.73 Å². The Morgan fingerprint density at radius 2 is 1.95 bits per heavy atom. The Bertz CT molecular complexity index is 544. The summed E-state index contributed by atoms with van der Waals surface area (Å²) >= 11 is 0. The lowest BCUT2D eigenvalue weighted by Crippen LogP contribution is -1.99. The molecular formula is C14H18N4O. The van der Waals surface area contributed by atoms with E-state index in [0.717, 1.165) is 24.2 Å². The molecule has 5 nitrogen and oxygen atoms in total. The number of aromatic nitrogens is 3. The minimum atomic E-state index is 0.444. The van der Waals surface area contributed by atoms with Gasteiger partial charge in [0.05, 0.1) is 0 Å². The number of hydrogen-bond donors (Lipinski definition) is 1. The second-order valence-corrected chi connectivity index (χ2v) is 5.12. The largest absolute Gasteiger partial charge is 0.384 e. The maximum atomic E-state index is 5.67. The van der Waals surface area contributed by atoms with Crippen LogP contribution in [0.2, 0.25) is 0 Å². The van der Waals surface area contributed by atoms with Crippen molar-refractivity contribution in [1.82, 2.24) is 15.1 Å². The minimum Gasteiger partial charge on any atom is -0.384 e.